The Kier molecular flexibility index (Phi) is 7.43. The number of anilines is 2. The lowest BCUT2D eigenvalue weighted by molar-refractivity contribution is -0.119. The Morgan fingerprint density at radius 2 is 1.85 bits per heavy atom. The van der Waals surface area contributed by atoms with Crippen molar-refractivity contribution in [1.82, 2.24) is 4.90 Å². The zero-order valence-electron chi connectivity index (χ0n) is 20.3. The van der Waals surface area contributed by atoms with E-state index in [0.717, 1.165) is 61.6 Å². The molecule has 2 aromatic carbocycles. The molecule has 6 heteroatoms. The number of rotatable bonds is 6. The number of ether oxygens (including phenoxy) is 2. The van der Waals surface area contributed by atoms with Crippen LogP contribution in [0, 0.1) is 5.92 Å². The number of aryl methyl sites for hydroxylation is 1. The number of carbonyl (C=O) groups is 1. The van der Waals surface area contributed by atoms with Crippen molar-refractivity contribution in [3.8, 4) is 11.5 Å². The minimum absolute atomic E-state index is 0.0630. The summed E-state index contributed by atoms with van der Waals surface area (Å²) < 4.78 is 11.0. The first-order valence-electron chi connectivity index (χ1n) is 12.1. The first-order chi connectivity index (χ1) is 16.0. The van der Waals surface area contributed by atoms with Crippen LogP contribution in [-0.4, -0.2) is 50.7 Å². The van der Waals surface area contributed by atoms with Crippen LogP contribution in [0.5, 0.6) is 11.5 Å². The first-order valence-corrected chi connectivity index (χ1v) is 12.1. The summed E-state index contributed by atoms with van der Waals surface area (Å²) in [6, 6.07) is 12.7. The third-order valence-corrected chi connectivity index (χ3v) is 7.18. The highest BCUT2D eigenvalue weighted by atomic mass is 16.5. The second-order valence-corrected chi connectivity index (χ2v) is 9.49. The maximum atomic E-state index is 13.1. The number of carbonyl (C=O) groups excluding carboxylic acids is 1. The van der Waals surface area contributed by atoms with E-state index in [1.54, 1.807) is 14.2 Å². The van der Waals surface area contributed by atoms with Gasteiger partial charge in [0.05, 0.1) is 20.1 Å². The van der Waals surface area contributed by atoms with Crippen LogP contribution in [0.2, 0.25) is 0 Å². The Labute approximate surface area is 197 Å². The standard InChI is InChI=1S/C27H37N3O3/c1-18(2)30-13-11-19(12-14-30)24-16-22(7-10-26(24)33-4)29-27(31)21-6-5-20-15-23(32-3)8-9-25(20)28-17-21/h7-10,15-16,18-19,21,28H,5-6,11-14,17H2,1-4H3,(H,29,31). The maximum absolute atomic E-state index is 13.1. The smallest absolute Gasteiger partial charge is 0.229 e. The summed E-state index contributed by atoms with van der Waals surface area (Å²) in [6.07, 6.45) is 3.87. The minimum atomic E-state index is -0.0942. The second kappa shape index (κ2) is 10.5. The average molecular weight is 452 g/mol. The Bertz CT molecular complexity index is 967. The van der Waals surface area contributed by atoms with Gasteiger partial charge < -0.3 is 25.0 Å². The van der Waals surface area contributed by atoms with Crippen molar-refractivity contribution in [1.29, 1.82) is 0 Å². The van der Waals surface area contributed by atoms with Gasteiger partial charge in [0.1, 0.15) is 11.5 Å². The van der Waals surface area contributed by atoms with Crippen LogP contribution in [0.1, 0.15) is 50.2 Å². The summed E-state index contributed by atoms with van der Waals surface area (Å²) in [5.41, 5.74) is 4.34. The number of fused-ring (bicyclic) bond motifs is 1. The van der Waals surface area contributed by atoms with Crippen molar-refractivity contribution < 1.29 is 14.3 Å². The lowest BCUT2D eigenvalue weighted by atomic mass is 9.88. The number of methoxy groups -OCH3 is 2. The molecule has 1 fully saturated rings. The van der Waals surface area contributed by atoms with Crippen molar-refractivity contribution in [3.05, 3.63) is 47.5 Å². The van der Waals surface area contributed by atoms with Crippen molar-refractivity contribution in [2.24, 2.45) is 5.92 Å². The summed E-state index contributed by atoms with van der Waals surface area (Å²) in [5, 5.41) is 6.62. The predicted octanol–water partition coefficient (Wildman–Crippen LogP) is 4.90. The van der Waals surface area contributed by atoms with Gasteiger partial charge in [-0.1, -0.05) is 0 Å². The summed E-state index contributed by atoms with van der Waals surface area (Å²) in [5.74, 6) is 2.19. The van der Waals surface area contributed by atoms with Crippen LogP contribution in [0.4, 0.5) is 11.4 Å². The molecule has 2 aliphatic rings. The molecule has 6 nitrogen and oxygen atoms in total. The van der Waals surface area contributed by atoms with E-state index in [0.29, 0.717) is 18.5 Å². The zero-order valence-corrected chi connectivity index (χ0v) is 20.3. The summed E-state index contributed by atoms with van der Waals surface area (Å²) in [7, 11) is 3.41. The van der Waals surface area contributed by atoms with E-state index >= 15 is 0 Å². The first kappa shape index (κ1) is 23.4. The second-order valence-electron chi connectivity index (χ2n) is 9.49. The highest BCUT2D eigenvalue weighted by Gasteiger charge is 2.26. The predicted molar refractivity (Wildman–Crippen MR) is 134 cm³/mol. The molecule has 2 aromatic rings. The summed E-state index contributed by atoms with van der Waals surface area (Å²) >= 11 is 0. The SMILES string of the molecule is COc1ccc2c(c1)CCC(C(=O)Nc1ccc(OC)c(C3CCN(C(C)C)CC3)c1)CN2. The largest absolute Gasteiger partial charge is 0.497 e. The molecule has 0 saturated carbocycles. The van der Waals surface area contributed by atoms with E-state index in [2.05, 4.69) is 41.5 Å². The van der Waals surface area contributed by atoms with Crippen LogP contribution in [0.3, 0.4) is 0 Å². The fourth-order valence-electron chi connectivity index (χ4n) is 5.07. The minimum Gasteiger partial charge on any atom is -0.497 e. The van der Waals surface area contributed by atoms with Crippen LogP contribution >= 0.6 is 0 Å². The molecule has 2 aliphatic heterocycles. The van der Waals surface area contributed by atoms with Crippen molar-refractivity contribution in [2.45, 2.75) is 51.5 Å². The number of nitrogens with one attached hydrogen (secondary N) is 2. The van der Waals surface area contributed by atoms with E-state index < -0.39 is 0 Å². The number of nitrogens with zero attached hydrogens (tertiary/aromatic N) is 1. The monoisotopic (exact) mass is 451 g/mol. The molecule has 1 unspecified atom stereocenters. The Morgan fingerprint density at radius 3 is 2.55 bits per heavy atom. The molecule has 0 bridgehead atoms. The van der Waals surface area contributed by atoms with Crippen LogP contribution < -0.4 is 20.1 Å². The summed E-state index contributed by atoms with van der Waals surface area (Å²) in [4.78, 5) is 15.7. The number of piperidine rings is 1. The van der Waals surface area contributed by atoms with E-state index in [4.69, 9.17) is 9.47 Å². The molecule has 33 heavy (non-hydrogen) atoms. The van der Waals surface area contributed by atoms with Gasteiger partial charge in [0.25, 0.3) is 0 Å². The Hall–Kier alpha value is -2.73. The molecule has 1 atom stereocenters. The third-order valence-electron chi connectivity index (χ3n) is 7.18. The van der Waals surface area contributed by atoms with Gasteiger partial charge >= 0.3 is 0 Å². The van der Waals surface area contributed by atoms with Crippen LogP contribution in [0.15, 0.2) is 36.4 Å². The van der Waals surface area contributed by atoms with Gasteiger partial charge in [-0.25, -0.2) is 0 Å². The maximum Gasteiger partial charge on any atom is 0.229 e. The molecular weight excluding hydrogens is 414 g/mol. The lowest BCUT2D eigenvalue weighted by Crippen LogP contribution is -2.37. The number of hydrogen-bond donors (Lipinski definition) is 2. The van der Waals surface area contributed by atoms with Crippen molar-refractivity contribution >= 4 is 17.3 Å². The van der Waals surface area contributed by atoms with E-state index in [1.165, 1.54) is 11.1 Å². The highest BCUT2D eigenvalue weighted by molar-refractivity contribution is 5.93. The van der Waals surface area contributed by atoms with Gasteiger partial charge in [0, 0.05) is 24.0 Å². The van der Waals surface area contributed by atoms with Crippen LogP contribution in [-0.2, 0) is 11.2 Å². The van der Waals surface area contributed by atoms with E-state index in [1.807, 2.05) is 24.3 Å². The van der Waals surface area contributed by atoms with Gasteiger partial charge in [0.2, 0.25) is 5.91 Å². The average Bonchev–Trinajstić information content (AvgIpc) is 3.06. The van der Waals surface area contributed by atoms with Gasteiger partial charge in [-0.05, 0) is 106 Å². The molecule has 2 heterocycles. The molecule has 1 amide bonds. The third kappa shape index (κ3) is 5.44. The van der Waals surface area contributed by atoms with Gasteiger partial charge in [-0.15, -0.1) is 0 Å². The fraction of sp³-hybridized carbons (Fsp3) is 0.519. The highest BCUT2D eigenvalue weighted by Crippen LogP contribution is 2.36. The summed E-state index contributed by atoms with van der Waals surface area (Å²) in [6.45, 7) is 7.34. The van der Waals surface area contributed by atoms with Crippen LogP contribution in [0.25, 0.3) is 0 Å². The Morgan fingerprint density at radius 1 is 1.06 bits per heavy atom. The van der Waals surface area contributed by atoms with Gasteiger partial charge in [-0.2, -0.15) is 0 Å². The number of hydrogen-bond acceptors (Lipinski definition) is 5. The Balaban J connectivity index is 1.42. The van der Waals surface area contributed by atoms with Gasteiger partial charge in [0.15, 0.2) is 0 Å². The topological polar surface area (TPSA) is 62.8 Å². The zero-order chi connectivity index (χ0) is 23.4. The molecule has 178 valence electrons. The fourth-order valence-corrected chi connectivity index (χ4v) is 5.07. The number of benzene rings is 2. The molecule has 0 spiro atoms. The lowest BCUT2D eigenvalue weighted by Gasteiger charge is -2.35. The normalized spacial score (nSPS) is 19.4. The molecule has 0 aliphatic carbocycles. The molecule has 2 N–H and O–H groups in total. The molecule has 1 saturated heterocycles. The van der Waals surface area contributed by atoms with Crippen molar-refractivity contribution in [3.63, 3.8) is 0 Å². The van der Waals surface area contributed by atoms with E-state index in [-0.39, 0.29) is 11.8 Å². The quantitative estimate of drug-likeness (QED) is 0.654. The molecule has 4 rings (SSSR count). The molecular formula is C27H37N3O3. The number of likely N-dealkylation sites (tertiary alicyclic amines) is 1. The van der Waals surface area contributed by atoms with E-state index in [9.17, 15) is 4.79 Å². The van der Waals surface area contributed by atoms with Crippen molar-refractivity contribution in [2.75, 3.05) is 44.5 Å². The number of amides is 1. The molecule has 0 radical (unpaired) electrons. The van der Waals surface area contributed by atoms with Gasteiger partial charge in [-0.3, -0.25) is 4.79 Å². The molecule has 0 aromatic heterocycles.